The third kappa shape index (κ3) is 6.12. The third-order valence-electron chi connectivity index (χ3n) is 2.40. The summed E-state index contributed by atoms with van der Waals surface area (Å²) in [6.45, 7) is 7.93. The zero-order valence-corrected chi connectivity index (χ0v) is 11.0. The van der Waals surface area contributed by atoms with Gasteiger partial charge in [-0.3, -0.25) is 0 Å². The number of hydrogen-bond acceptors (Lipinski definition) is 3. The minimum absolute atomic E-state index is 0.00796. The molecule has 5 heteroatoms. The summed E-state index contributed by atoms with van der Waals surface area (Å²) in [4.78, 5) is 0. The molecule has 0 heterocycles. The molecule has 0 saturated carbocycles. The average molecular weight is 236 g/mol. The minimum atomic E-state index is -3.23. The summed E-state index contributed by atoms with van der Waals surface area (Å²) in [7, 11) is -3.23. The van der Waals surface area contributed by atoms with E-state index in [0.717, 1.165) is 12.8 Å². The first kappa shape index (κ1) is 14.9. The summed E-state index contributed by atoms with van der Waals surface area (Å²) in [5, 5.41) is -0.515. The Hall–Kier alpha value is -0.130. The van der Waals surface area contributed by atoms with Crippen molar-refractivity contribution in [2.45, 2.75) is 51.8 Å². The van der Waals surface area contributed by atoms with Crippen molar-refractivity contribution in [3.05, 3.63) is 0 Å². The summed E-state index contributed by atoms with van der Waals surface area (Å²) in [5.41, 5.74) is 5.34. The lowest BCUT2D eigenvalue weighted by Crippen LogP contribution is -2.41. The lowest BCUT2D eigenvalue weighted by molar-refractivity contribution is 0.482. The first-order chi connectivity index (χ1) is 6.79. The lowest BCUT2D eigenvalue weighted by atomic mass is 10.1. The molecule has 0 aromatic heterocycles. The van der Waals surface area contributed by atoms with Crippen LogP contribution in [0.25, 0.3) is 0 Å². The second-order valence-corrected chi connectivity index (χ2v) is 6.71. The molecule has 3 N–H and O–H groups in total. The predicted molar refractivity (Wildman–Crippen MR) is 64.1 cm³/mol. The molecule has 0 aromatic rings. The van der Waals surface area contributed by atoms with Gasteiger partial charge in [0.05, 0.1) is 5.25 Å². The number of rotatable bonds is 7. The van der Waals surface area contributed by atoms with E-state index in [4.69, 9.17) is 5.73 Å². The van der Waals surface area contributed by atoms with Crippen LogP contribution in [0.5, 0.6) is 0 Å². The molecule has 0 radical (unpaired) electrons. The Balaban J connectivity index is 4.11. The highest BCUT2D eigenvalue weighted by Gasteiger charge is 2.21. The van der Waals surface area contributed by atoms with Crippen molar-refractivity contribution in [1.82, 2.24) is 4.72 Å². The highest BCUT2D eigenvalue weighted by atomic mass is 32.2. The van der Waals surface area contributed by atoms with Gasteiger partial charge in [0, 0.05) is 12.6 Å². The summed E-state index contributed by atoms with van der Waals surface area (Å²) in [6, 6.07) is -0.00796. The Labute approximate surface area is 93.7 Å². The van der Waals surface area contributed by atoms with E-state index in [-0.39, 0.29) is 12.6 Å². The van der Waals surface area contributed by atoms with E-state index in [2.05, 4.69) is 18.6 Å². The first-order valence-electron chi connectivity index (χ1n) is 5.50. The van der Waals surface area contributed by atoms with Crippen LogP contribution in [0.2, 0.25) is 0 Å². The number of sulfonamides is 1. The standard InChI is InChI=1S/C10H24N2O2S/c1-8(2)5-6-9(3)12-15(13,14)10(4)7-11/h8-10,12H,5-7,11H2,1-4H3. The molecule has 0 amide bonds. The summed E-state index contributed by atoms with van der Waals surface area (Å²) < 4.78 is 25.9. The largest absolute Gasteiger partial charge is 0.329 e. The van der Waals surface area contributed by atoms with E-state index >= 15 is 0 Å². The molecule has 4 nitrogen and oxygen atoms in total. The molecule has 0 spiro atoms. The van der Waals surface area contributed by atoms with Gasteiger partial charge in [-0.2, -0.15) is 0 Å². The van der Waals surface area contributed by atoms with Gasteiger partial charge >= 0.3 is 0 Å². The van der Waals surface area contributed by atoms with E-state index in [1.165, 1.54) is 0 Å². The normalized spacial score (nSPS) is 16.7. The van der Waals surface area contributed by atoms with Crippen LogP contribution >= 0.6 is 0 Å². The topological polar surface area (TPSA) is 72.2 Å². The number of nitrogens with one attached hydrogen (secondary N) is 1. The van der Waals surface area contributed by atoms with Gasteiger partial charge in [-0.05, 0) is 32.6 Å². The molecule has 0 aliphatic heterocycles. The molecular formula is C10H24N2O2S. The second kappa shape index (κ2) is 6.45. The fourth-order valence-electron chi connectivity index (χ4n) is 1.17. The van der Waals surface area contributed by atoms with Gasteiger partial charge < -0.3 is 5.73 Å². The molecule has 0 rings (SSSR count). The lowest BCUT2D eigenvalue weighted by Gasteiger charge is -2.18. The van der Waals surface area contributed by atoms with Crippen molar-refractivity contribution in [2.24, 2.45) is 11.7 Å². The molecule has 0 aromatic carbocycles. The summed E-state index contributed by atoms with van der Waals surface area (Å²) >= 11 is 0. The first-order valence-corrected chi connectivity index (χ1v) is 7.05. The number of hydrogen-bond donors (Lipinski definition) is 2. The highest BCUT2D eigenvalue weighted by Crippen LogP contribution is 2.08. The van der Waals surface area contributed by atoms with E-state index in [1.807, 2.05) is 6.92 Å². The van der Waals surface area contributed by atoms with E-state index in [0.29, 0.717) is 5.92 Å². The zero-order chi connectivity index (χ0) is 12.1. The average Bonchev–Trinajstić information content (AvgIpc) is 2.12. The Morgan fingerprint density at radius 2 is 1.67 bits per heavy atom. The van der Waals surface area contributed by atoms with Gasteiger partial charge in [-0.1, -0.05) is 13.8 Å². The maximum atomic E-state index is 11.6. The van der Waals surface area contributed by atoms with Crippen molar-refractivity contribution in [1.29, 1.82) is 0 Å². The van der Waals surface area contributed by atoms with Crippen molar-refractivity contribution in [3.8, 4) is 0 Å². The number of nitrogens with two attached hydrogens (primary N) is 1. The van der Waals surface area contributed by atoms with Crippen LogP contribution in [-0.4, -0.2) is 26.3 Å². The Bertz CT molecular complexity index is 263. The van der Waals surface area contributed by atoms with Crippen LogP contribution in [0.1, 0.15) is 40.5 Å². The minimum Gasteiger partial charge on any atom is -0.329 e. The Morgan fingerprint density at radius 3 is 2.07 bits per heavy atom. The third-order valence-corrected chi connectivity index (χ3v) is 4.39. The van der Waals surface area contributed by atoms with E-state index < -0.39 is 15.3 Å². The van der Waals surface area contributed by atoms with Crippen molar-refractivity contribution in [3.63, 3.8) is 0 Å². The molecule has 15 heavy (non-hydrogen) atoms. The second-order valence-electron chi connectivity index (χ2n) is 4.58. The fraction of sp³-hybridized carbons (Fsp3) is 1.00. The predicted octanol–water partition coefficient (Wildman–Crippen LogP) is 1.08. The molecule has 0 aliphatic rings. The van der Waals surface area contributed by atoms with Crippen LogP contribution in [0.15, 0.2) is 0 Å². The highest BCUT2D eigenvalue weighted by molar-refractivity contribution is 7.90. The van der Waals surface area contributed by atoms with Crippen LogP contribution in [0.4, 0.5) is 0 Å². The van der Waals surface area contributed by atoms with Crippen LogP contribution in [-0.2, 0) is 10.0 Å². The van der Waals surface area contributed by atoms with Crippen molar-refractivity contribution < 1.29 is 8.42 Å². The summed E-state index contributed by atoms with van der Waals surface area (Å²) in [5.74, 6) is 0.601. The zero-order valence-electron chi connectivity index (χ0n) is 10.2. The molecule has 0 bridgehead atoms. The molecule has 2 atom stereocenters. The summed E-state index contributed by atoms with van der Waals surface area (Å²) in [6.07, 6.45) is 1.90. The fourth-order valence-corrected chi connectivity index (χ4v) is 2.33. The van der Waals surface area contributed by atoms with Gasteiger partial charge in [0.2, 0.25) is 10.0 Å². The molecule has 92 valence electrons. The van der Waals surface area contributed by atoms with Crippen LogP contribution < -0.4 is 10.5 Å². The molecular weight excluding hydrogens is 212 g/mol. The SMILES string of the molecule is CC(C)CCC(C)NS(=O)(=O)C(C)CN. The quantitative estimate of drug-likeness (QED) is 0.694. The Kier molecular flexibility index (Phi) is 6.40. The van der Waals surface area contributed by atoms with Crippen LogP contribution in [0.3, 0.4) is 0 Å². The van der Waals surface area contributed by atoms with Gasteiger partial charge in [0.15, 0.2) is 0 Å². The van der Waals surface area contributed by atoms with Gasteiger partial charge in [0.1, 0.15) is 0 Å². The monoisotopic (exact) mass is 236 g/mol. The maximum absolute atomic E-state index is 11.6. The maximum Gasteiger partial charge on any atom is 0.215 e. The smallest absolute Gasteiger partial charge is 0.215 e. The van der Waals surface area contributed by atoms with Gasteiger partial charge in [-0.15, -0.1) is 0 Å². The molecule has 0 saturated heterocycles. The molecule has 0 aliphatic carbocycles. The van der Waals surface area contributed by atoms with Crippen molar-refractivity contribution >= 4 is 10.0 Å². The van der Waals surface area contributed by atoms with Crippen LogP contribution in [0, 0.1) is 5.92 Å². The van der Waals surface area contributed by atoms with E-state index in [9.17, 15) is 8.42 Å². The van der Waals surface area contributed by atoms with Gasteiger partial charge in [0.25, 0.3) is 0 Å². The molecule has 2 unspecified atom stereocenters. The van der Waals surface area contributed by atoms with E-state index in [1.54, 1.807) is 6.92 Å². The van der Waals surface area contributed by atoms with Crippen molar-refractivity contribution in [2.75, 3.05) is 6.54 Å². The molecule has 0 fully saturated rings. The van der Waals surface area contributed by atoms with Gasteiger partial charge in [-0.25, -0.2) is 13.1 Å². The Morgan fingerprint density at radius 1 is 1.13 bits per heavy atom.